The predicted molar refractivity (Wildman–Crippen MR) is 230 cm³/mol. The molecule has 63 heavy (non-hydrogen) atoms. The maximum atomic E-state index is 13.6. The maximum absolute atomic E-state index is 13.6. The fourth-order valence-electron chi connectivity index (χ4n) is 7.16. The summed E-state index contributed by atoms with van der Waals surface area (Å²) in [5, 5.41) is 49.2. The zero-order valence-electron chi connectivity index (χ0n) is 35.4. The highest BCUT2D eigenvalue weighted by atomic mass is 16.7. The number of amides is 3. The van der Waals surface area contributed by atoms with Crippen LogP contribution in [-0.2, 0) is 49.9 Å². The maximum Gasteiger partial charge on any atom is 0.413 e. The van der Waals surface area contributed by atoms with Crippen LogP contribution >= 0.6 is 0 Å². The van der Waals surface area contributed by atoms with Gasteiger partial charge in [0.2, 0.25) is 18.6 Å². The van der Waals surface area contributed by atoms with Crippen molar-refractivity contribution in [3.8, 4) is 5.75 Å². The number of anilines is 2. The Hall–Kier alpha value is -6.22. The Bertz CT molecular complexity index is 2410. The summed E-state index contributed by atoms with van der Waals surface area (Å²) in [6, 6.07) is 17.8. The molecule has 1 aliphatic rings. The van der Waals surface area contributed by atoms with Crippen molar-refractivity contribution in [2.75, 3.05) is 45.0 Å². The van der Waals surface area contributed by atoms with Gasteiger partial charge in [-0.05, 0) is 67.5 Å². The first-order valence-electron chi connectivity index (χ1n) is 20.5. The first-order chi connectivity index (χ1) is 30.3. The minimum Gasteiger partial charge on any atom is -0.465 e. The molecule has 3 heterocycles. The average Bonchev–Trinajstić information content (AvgIpc) is 3.63. The van der Waals surface area contributed by atoms with Crippen LogP contribution in [-0.4, -0.2) is 129 Å². The summed E-state index contributed by atoms with van der Waals surface area (Å²) in [5.41, 5.74) is 4.44. The third kappa shape index (κ3) is 11.2. The van der Waals surface area contributed by atoms with E-state index in [1.165, 1.54) is 30.9 Å². The van der Waals surface area contributed by atoms with Crippen LogP contribution in [0.5, 0.6) is 5.75 Å². The summed E-state index contributed by atoms with van der Waals surface area (Å²) in [6.45, 7) is 2.40. The monoisotopic (exact) mass is 871 g/mol. The van der Waals surface area contributed by atoms with Crippen LogP contribution in [0.25, 0.3) is 21.9 Å². The van der Waals surface area contributed by atoms with E-state index in [0.29, 0.717) is 46.9 Å². The molecular weight excluding hydrogens is 819 g/mol. The van der Waals surface area contributed by atoms with Gasteiger partial charge in [0, 0.05) is 37.9 Å². The molecule has 336 valence electrons. The summed E-state index contributed by atoms with van der Waals surface area (Å²) in [4.78, 5) is 61.7. The van der Waals surface area contributed by atoms with Crippen LogP contribution in [0.4, 0.5) is 16.3 Å². The number of pyridine rings is 1. The number of aromatic nitrogens is 3. The molecule has 0 aliphatic carbocycles. The SMILES string of the molecule is CCCCc1nc2c(NC(=O)OCc3ccc(O[C@H]4O[C@H](CO)[C@@H](O)[C@H](O)[C@@H]4O)c(NC(=O)CCNC=O)c3)nc3cc(C(=O)OC)ccc3c2n1Cc1ccc(CN(C)C)cc1. The number of hydrogen-bond acceptors (Lipinski definition) is 15. The topological polar surface area (TPSA) is 256 Å². The Morgan fingerprint density at radius 3 is 2.38 bits per heavy atom. The van der Waals surface area contributed by atoms with Gasteiger partial charge in [0.25, 0.3) is 0 Å². The fraction of sp³-hybridized carbons (Fsp3) is 0.409. The van der Waals surface area contributed by atoms with Gasteiger partial charge in [-0.15, -0.1) is 0 Å². The largest absolute Gasteiger partial charge is 0.465 e. The first-order valence-corrected chi connectivity index (χ1v) is 20.5. The van der Waals surface area contributed by atoms with E-state index < -0.39 is 55.3 Å². The summed E-state index contributed by atoms with van der Waals surface area (Å²) in [7, 11) is 5.32. The molecule has 5 aromatic rings. The summed E-state index contributed by atoms with van der Waals surface area (Å²) in [6.07, 6.45) is -5.99. The number of nitrogens with zero attached hydrogens (tertiary/aromatic N) is 4. The lowest BCUT2D eigenvalue weighted by atomic mass is 9.99. The van der Waals surface area contributed by atoms with Gasteiger partial charge in [-0.2, -0.15) is 0 Å². The normalized spacial score (nSPS) is 18.6. The van der Waals surface area contributed by atoms with E-state index in [-0.39, 0.29) is 42.4 Å². The number of imidazole rings is 1. The molecule has 19 nitrogen and oxygen atoms in total. The molecule has 0 saturated carbocycles. The Balaban J connectivity index is 1.30. The number of benzene rings is 3. The van der Waals surface area contributed by atoms with Crippen molar-refractivity contribution in [3.63, 3.8) is 0 Å². The molecule has 2 aromatic heterocycles. The molecule has 7 N–H and O–H groups in total. The number of carbonyl (C=O) groups excluding carboxylic acids is 4. The molecule has 0 spiro atoms. The molecule has 5 atom stereocenters. The zero-order chi connectivity index (χ0) is 45.2. The van der Waals surface area contributed by atoms with E-state index in [1.54, 1.807) is 18.2 Å². The molecule has 1 fully saturated rings. The fourth-order valence-corrected chi connectivity index (χ4v) is 7.16. The second-order valence-electron chi connectivity index (χ2n) is 15.4. The molecule has 0 radical (unpaired) electrons. The number of hydrogen-bond donors (Lipinski definition) is 7. The second-order valence-corrected chi connectivity index (χ2v) is 15.4. The Morgan fingerprint density at radius 1 is 0.937 bits per heavy atom. The highest BCUT2D eigenvalue weighted by Crippen LogP contribution is 2.34. The zero-order valence-corrected chi connectivity index (χ0v) is 35.4. The third-order valence-electron chi connectivity index (χ3n) is 10.4. The van der Waals surface area contributed by atoms with Gasteiger partial charge in [-0.25, -0.2) is 19.6 Å². The lowest BCUT2D eigenvalue weighted by Crippen LogP contribution is -2.60. The minimum absolute atomic E-state index is 0.0303. The van der Waals surface area contributed by atoms with Crippen LogP contribution in [0.3, 0.4) is 0 Å². The first kappa shape index (κ1) is 46.3. The minimum atomic E-state index is -1.73. The number of methoxy groups -OCH3 is 1. The van der Waals surface area contributed by atoms with E-state index in [1.807, 2.05) is 14.1 Å². The number of fused-ring (bicyclic) bond motifs is 3. The summed E-state index contributed by atoms with van der Waals surface area (Å²) in [5.74, 6) is -0.227. The third-order valence-corrected chi connectivity index (χ3v) is 10.4. The number of esters is 1. The number of rotatable bonds is 19. The molecular formula is C44H53N7O12. The molecule has 19 heteroatoms. The Morgan fingerprint density at radius 2 is 1.68 bits per heavy atom. The number of aliphatic hydroxyl groups excluding tert-OH is 4. The number of ether oxygens (including phenoxy) is 4. The standard InChI is InChI=1S/C44H53N7O12/c1-5-6-7-34-48-36-37(51(34)21-26-10-8-25(9-11-26)20-50(2)3)29-14-13-28(42(58)60-4)19-30(29)47-41(36)49-44(59)61-23-27-12-15-32(31(18-27)46-35(54)16-17-45-24-53)62-43-40(57)39(56)38(55)33(22-52)63-43/h8-15,18-19,24,33,38-40,43,52,55-57H,5-7,16-17,20-23H2,1-4H3,(H,45,53)(H,46,54)(H,47,49,59)/t33-,38-,39+,40+,43+/m1/s1. The Kier molecular flexibility index (Phi) is 15.6. The van der Waals surface area contributed by atoms with Crippen molar-refractivity contribution in [2.45, 2.75) is 83.0 Å². The number of carbonyl (C=O) groups is 4. The van der Waals surface area contributed by atoms with E-state index >= 15 is 0 Å². The molecule has 1 saturated heterocycles. The Labute approximate surface area is 362 Å². The van der Waals surface area contributed by atoms with Crippen LogP contribution < -0.4 is 20.7 Å². The average molecular weight is 872 g/mol. The number of aliphatic hydroxyl groups is 4. The highest BCUT2D eigenvalue weighted by molar-refractivity contribution is 6.10. The van der Waals surface area contributed by atoms with Crippen molar-refractivity contribution < 1.29 is 58.6 Å². The van der Waals surface area contributed by atoms with Crippen LogP contribution in [0.2, 0.25) is 0 Å². The highest BCUT2D eigenvalue weighted by Gasteiger charge is 2.45. The molecule has 0 bridgehead atoms. The van der Waals surface area contributed by atoms with Crippen molar-refractivity contribution in [2.24, 2.45) is 0 Å². The number of unbranched alkanes of at least 4 members (excludes halogenated alkanes) is 1. The van der Waals surface area contributed by atoms with Gasteiger partial charge >= 0.3 is 12.1 Å². The van der Waals surface area contributed by atoms with Gasteiger partial charge in [0.15, 0.2) is 5.82 Å². The van der Waals surface area contributed by atoms with Crippen LogP contribution in [0, 0.1) is 0 Å². The second kappa shape index (κ2) is 21.2. The molecule has 1 aliphatic heterocycles. The van der Waals surface area contributed by atoms with Crippen LogP contribution in [0.15, 0.2) is 60.7 Å². The molecule has 0 unspecified atom stereocenters. The van der Waals surface area contributed by atoms with Crippen LogP contribution in [0.1, 0.15) is 59.1 Å². The van der Waals surface area contributed by atoms with Gasteiger partial charge in [0.05, 0.1) is 36.0 Å². The number of nitrogens with one attached hydrogen (secondary N) is 3. The van der Waals surface area contributed by atoms with E-state index in [2.05, 4.69) is 56.6 Å². The van der Waals surface area contributed by atoms with Crippen molar-refractivity contribution in [1.82, 2.24) is 24.8 Å². The van der Waals surface area contributed by atoms with E-state index in [4.69, 9.17) is 28.9 Å². The van der Waals surface area contributed by atoms with E-state index in [9.17, 15) is 39.6 Å². The van der Waals surface area contributed by atoms with Gasteiger partial charge in [-0.1, -0.05) is 43.7 Å². The van der Waals surface area contributed by atoms with Gasteiger partial charge in [0.1, 0.15) is 48.1 Å². The van der Waals surface area contributed by atoms with Gasteiger partial charge < -0.3 is 59.5 Å². The quantitative estimate of drug-likeness (QED) is 0.0358. The predicted octanol–water partition coefficient (Wildman–Crippen LogP) is 2.83. The summed E-state index contributed by atoms with van der Waals surface area (Å²) < 4.78 is 24.1. The van der Waals surface area contributed by atoms with Crippen molar-refractivity contribution in [3.05, 3.63) is 88.7 Å². The molecule has 3 aromatic carbocycles. The molecule has 3 amide bonds. The van der Waals surface area contributed by atoms with E-state index in [0.717, 1.165) is 30.8 Å². The molecule has 6 rings (SSSR count). The lowest BCUT2D eigenvalue weighted by molar-refractivity contribution is -0.277. The van der Waals surface area contributed by atoms with Gasteiger partial charge in [-0.3, -0.25) is 14.9 Å². The van der Waals surface area contributed by atoms with Crippen molar-refractivity contribution in [1.29, 1.82) is 0 Å². The smallest absolute Gasteiger partial charge is 0.413 e. The number of aryl methyl sites for hydroxylation is 1. The van der Waals surface area contributed by atoms with Crippen molar-refractivity contribution >= 4 is 57.8 Å². The summed E-state index contributed by atoms with van der Waals surface area (Å²) >= 11 is 0. The lowest BCUT2D eigenvalue weighted by Gasteiger charge is -2.39.